The molecule has 0 aromatic heterocycles. The van der Waals surface area contributed by atoms with Crippen LogP contribution in [0.1, 0.15) is 107 Å². The molecule has 2 atom stereocenters. The van der Waals surface area contributed by atoms with Crippen LogP contribution < -0.4 is 0 Å². The molecule has 0 spiro atoms. The van der Waals surface area contributed by atoms with Crippen molar-refractivity contribution in [3.8, 4) is 0 Å². The molecule has 0 amide bonds. The van der Waals surface area contributed by atoms with E-state index in [2.05, 4.69) is 0 Å². The Bertz CT molecular complexity index is 1190. The molecule has 226 valence electrons. The molecule has 40 heavy (non-hydrogen) atoms. The summed E-state index contributed by atoms with van der Waals surface area (Å²) < 4.78 is 46.1. The van der Waals surface area contributed by atoms with E-state index in [0.717, 1.165) is 75.3 Å². The van der Waals surface area contributed by atoms with Gasteiger partial charge in [-0.15, -0.1) is 24.0 Å². The average Bonchev–Trinajstić information content (AvgIpc) is 2.95. The molecule has 0 bridgehead atoms. The molecule has 2 aromatic rings. The third-order valence-corrected chi connectivity index (χ3v) is 8.79. The first-order valence-corrected chi connectivity index (χ1v) is 14.9. The highest BCUT2D eigenvalue weighted by Gasteiger charge is 2.41. The molecule has 4 rings (SSSR count). The van der Waals surface area contributed by atoms with Crippen LogP contribution in [0.4, 0.5) is 0 Å². The number of benzene rings is 2. The van der Waals surface area contributed by atoms with Crippen molar-refractivity contribution in [2.45, 2.75) is 101 Å². The molecule has 0 heterocycles. The summed E-state index contributed by atoms with van der Waals surface area (Å²) in [5, 5.41) is 22.4. The topological polar surface area (TPSA) is 43.7 Å². The fourth-order valence-electron chi connectivity index (χ4n) is 6.52. The zero-order valence-electron chi connectivity index (χ0n) is 31.5. The predicted molar refractivity (Wildman–Crippen MR) is 181 cm³/mol. The van der Waals surface area contributed by atoms with Gasteiger partial charge in [0, 0.05) is 16.6 Å². The van der Waals surface area contributed by atoms with E-state index in [-0.39, 0.29) is 40.3 Å². The molecule has 0 saturated heterocycles. The summed E-state index contributed by atoms with van der Waals surface area (Å²) in [5.41, 5.74) is 2.83. The fourth-order valence-corrected chi connectivity index (χ4v) is 6.52. The van der Waals surface area contributed by atoms with E-state index in [1.165, 1.54) is 16.0 Å². The lowest BCUT2D eigenvalue weighted by atomic mass is 9.72. The molecule has 2 aromatic carbocycles. The van der Waals surface area contributed by atoms with Crippen LogP contribution in [0.25, 0.3) is 0 Å². The van der Waals surface area contributed by atoms with Crippen molar-refractivity contribution in [2.75, 3.05) is 48.2 Å². The summed E-state index contributed by atoms with van der Waals surface area (Å²) in [7, 11) is 5.08. The number of quaternary nitrogens is 1. The van der Waals surface area contributed by atoms with Gasteiger partial charge in [0.05, 0.1) is 48.8 Å². The maximum atomic E-state index is 11.3. The number of halogens is 1. The van der Waals surface area contributed by atoms with Crippen LogP contribution in [0, 0.1) is 13.8 Å². The molecule has 2 aliphatic carbocycles. The summed E-state index contributed by atoms with van der Waals surface area (Å²) in [4.78, 5) is 1.38. The Morgan fingerprint density at radius 1 is 0.750 bits per heavy atom. The molecule has 2 saturated carbocycles. The van der Waals surface area contributed by atoms with Crippen LogP contribution in [-0.4, -0.2) is 79.0 Å². The van der Waals surface area contributed by atoms with Crippen molar-refractivity contribution in [3.63, 3.8) is 0 Å². The van der Waals surface area contributed by atoms with Gasteiger partial charge in [-0.05, 0) is 64.7 Å². The van der Waals surface area contributed by atoms with E-state index in [4.69, 9.17) is 8.22 Å². The lowest BCUT2D eigenvalue weighted by Gasteiger charge is -2.42. The van der Waals surface area contributed by atoms with Gasteiger partial charge >= 0.3 is 0 Å². The van der Waals surface area contributed by atoms with E-state index in [0.29, 0.717) is 13.1 Å². The first kappa shape index (κ1) is 26.6. The highest BCUT2D eigenvalue weighted by atomic mass is 127. The van der Waals surface area contributed by atoms with Crippen molar-refractivity contribution < 1.29 is 22.9 Å². The van der Waals surface area contributed by atoms with Crippen LogP contribution >= 0.6 is 24.0 Å². The highest BCUT2D eigenvalue weighted by molar-refractivity contribution is 14.0. The summed E-state index contributed by atoms with van der Waals surface area (Å²) in [5.74, 6) is -0.322. The van der Waals surface area contributed by atoms with Crippen LogP contribution in [0.3, 0.4) is 0 Å². The van der Waals surface area contributed by atoms with Gasteiger partial charge in [0.15, 0.2) is 0 Å². The number of aryl methyl sites for hydroxylation is 2. The normalized spacial score (nSPS) is 22.9. The quantitative estimate of drug-likeness (QED) is 0.227. The molecular formula is C35H58IN2O2+. The number of nitrogens with zero attached hydrogens (tertiary/aromatic N) is 2. The Hall–Kier alpha value is -0.990. The van der Waals surface area contributed by atoms with Gasteiger partial charge in [-0.1, -0.05) is 98.2 Å². The zero-order valence-corrected chi connectivity index (χ0v) is 27.8. The predicted octanol–water partition coefficient (Wildman–Crippen LogP) is 7.43. The van der Waals surface area contributed by atoms with E-state index in [1.807, 2.05) is 62.4 Å². The van der Waals surface area contributed by atoms with Crippen molar-refractivity contribution >= 4 is 24.0 Å². The second-order valence-corrected chi connectivity index (χ2v) is 13.0. The Labute approximate surface area is 271 Å². The average molecular weight is 672 g/mol. The molecule has 0 aliphatic heterocycles. The Kier molecular flexibility index (Phi) is 10.3. The minimum Gasteiger partial charge on any atom is -0.389 e. The molecule has 2 aliphatic rings. The fraction of sp³-hybridized carbons (Fsp3) is 0.657. The van der Waals surface area contributed by atoms with Gasteiger partial charge in [-0.3, -0.25) is 0 Å². The smallest absolute Gasteiger partial charge is 0.0886 e. The van der Waals surface area contributed by atoms with E-state index in [9.17, 15) is 10.2 Å². The number of hydrogen-bond acceptors (Lipinski definition) is 3. The van der Waals surface area contributed by atoms with Gasteiger partial charge < -0.3 is 19.6 Å². The van der Waals surface area contributed by atoms with Crippen molar-refractivity contribution in [2.24, 2.45) is 0 Å². The van der Waals surface area contributed by atoms with Crippen molar-refractivity contribution in [1.82, 2.24) is 4.90 Å². The standard InChI is InChI=1S/C18H30NO.C17H27NO.HI/c1-15-8-10-16(11-9-15)17(14-19(2,3)4)18(20)12-6-5-7-13-18;1-14-7-9-15(10-8-14)16(13-18(2)3)17(19)11-5-4-6-12-17;/h8-11,17,20H,5-7,12-14H2,1-4H3;7-10,16,19H,4-6,11-13H2,1-3H3;1H/q+1;;/i2*2D3;. The number of likely N-dealkylation sites (N-methyl/N-ethyl adjacent to an activating group) is 2. The van der Waals surface area contributed by atoms with E-state index in [1.54, 1.807) is 21.1 Å². The largest absolute Gasteiger partial charge is 0.389 e. The minimum absolute atomic E-state index is 0. The SMILES string of the molecule is I.[2H]C([2H])([2H])N(C)CC(c1ccc(C)cc1)C1(O)CCCCC1.[2H]C([2H])([2H])[N+](C)(C)CC(c1ccc(C)cc1)C1(O)CCCCC1. The van der Waals surface area contributed by atoms with Crippen molar-refractivity contribution in [3.05, 3.63) is 70.8 Å². The molecular weight excluding hydrogens is 607 g/mol. The monoisotopic (exact) mass is 671 g/mol. The molecule has 2 unspecified atom stereocenters. The lowest BCUT2D eigenvalue weighted by Crippen LogP contribution is -2.48. The second-order valence-electron chi connectivity index (χ2n) is 13.0. The third-order valence-electron chi connectivity index (χ3n) is 8.79. The highest BCUT2D eigenvalue weighted by Crippen LogP contribution is 2.41. The Morgan fingerprint density at radius 3 is 1.55 bits per heavy atom. The van der Waals surface area contributed by atoms with Crippen LogP contribution in [0.5, 0.6) is 0 Å². The molecule has 4 nitrogen and oxygen atoms in total. The van der Waals surface area contributed by atoms with E-state index >= 15 is 0 Å². The van der Waals surface area contributed by atoms with Gasteiger partial charge in [0.2, 0.25) is 0 Å². The van der Waals surface area contributed by atoms with Crippen LogP contribution in [0.15, 0.2) is 48.5 Å². The van der Waals surface area contributed by atoms with Crippen LogP contribution in [0.2, 0.25) is 0 Å². The van der Waals surface area contributed by atoms with Gasteiger partial charge in [-0.25, -0.2) is 0 Å². The van der Waals surface area contributed by atoms with Gasteiger partial charge in [0.1, 0.15) is 0 Å². The number of aliphatic hydroxyl groups is 2. The summed E-state index contributed by atoms with van der Waals surface area (Å²) >= 11 is 0. The summed E-state index contributed by atoms with van der Waals surface area (Å²) in [6, 6.07) is 16.3. The summed E-state index contributed by atoms with van der Waals surface area (Å²) in [6.07, 6.45) is 9.37. The summed E-state index contributed by atoms with van der Waals surface area (Å²) in [6.45, 7) is 0.604. The Balaban J connectivity index is 0.000000314. The zero-order chi connectivity index (χ0) is 33.7. The molecule has 0 radical (unpaired) electrons. The van der Waals surface area contributed by atoms with Gasteiger partial charge in [-0.2, -0.15) is 0 Å². The lowest BCUT2D eigenvalue weighted by molar-refractivity contribution is -0.872. The second kappa shape index (κ2) is 15.5. The molecule has 5 heteroatoms. The first-order valence-electron chi connectivity index (χ1n) is 17.9. The number of hydrogen-bond donors (Lipinski definition) is 2. The maximum absolute atomic E-state index is 11.3. The minimum atomic E-state index is -2.13. The first-order chi connectivity index (χ1) is 20.8. The number of rotatable bonds is 8. The van der Waals surface area contributed by atoms with Crippen molar-refractivity contribution in [1.29, 1.82) is 0 Å². The maximum Gasteiger partial charge on any atom is 0.0886 e. The van der Waals surface area contributed by atoms with Gasteiger partial charge in [0.25, 0.3) is 0 Å². The third kappa shape index (κ3) is 10.4. The Morgan fingerprint density at radius 2 is 1.15 bits per heavy atom. The van der Waals surface area contributed by atoms with E-state index < -0.39 is 25.2 Å². The molecule has 2 fully saturated rings. The molecule has 2 N–H and O–H groups in total. The van der Waals surface area contributed by atoms with Crippen LogP contribution in [-0.2, 0) is 0 Å².